The molecule has 4 nitrogen and oxygen atoms in total. The van der Waals surface area contributed by atoms with Gasteiger partial charge < -0.3 is 9.47 Å². The first kappa shape index (κ1) is 17.2. The van der Waals surface area contributed by atoms with E-state index >= 15 is 0 Å². The van der Waals surface area contributed by atoms with E-state index in [2.05, 4.69) is 13.8 Å². The lowest BCUT2D eigenvalue weighted by Gasteiger charge is -2.10. The highest BCUT2D eigenvalue weighted by atomic mass is 35.7. The van der Waals surface area contributed by atoms with Crippen molar-refractivity contribution in [1.29, 1.82) is 0 Å². The van der Waals surface area contributed by atoms with E-state index in [1.54, 1.807) is 0 Å². The van der Waals surface area contributed by atoms with Crippen LogP contribution in [0.25, 0.3) is 0 Å². The summed E-state index contributed by atoms with van der Waals surface area (Å²) < 4.78 is 46.3. The zero-order chi connectivity index (χ0) is 15.2. The lowest BCUT2D eigenvalue weighted by Crippen LogP contribution is -2.10. The van der Waals surface area contributed by atoms with Crippen molar-refractivity contribution in [2.45, 2.75) is 25.2 Å². The van der Waals surface area contributed by atoms with E-state index in [-0.39, 0.29) is 17.3 Å². The second-order valence-electron chi connectivity index (χ2n) is 4.67. The largest absolute Gasteiger partial charge is 0.490 e. The monoisotopic (exact) mass is 324 g/mol. The molecule has 0 bridgehead atoms. The zero-order valence-corrected chi connectivity index (χ0v) is 13.0. The average molecular weight is 325 g/mol. The summed E-state index contributed by atoms with van der Waals surface area (Å²) >= 11 is 0. The normalized spacial score (nSPS) is 11.8. The van der Waals surface area contributed by atoms with Crippen molar-refractivity contribution in [3.63, 3.8) is 0 Å². The molecular weight excluding hydrogens is 307 g/mol. The van der Waals surface area contributed by atoms with Gasteiger partial charge in [-0.1, -0.05) is 13.8 Å². The highest BCUT2D eigenvalue weighted by Crippen LogP contribution is 2.27. The molecule has 0 radical (unpaired) electrons. The SMILES string of the molecule is CC(C)CCOCCOc1ccc(F)cc1S(=O)(=O)Cl. The molecule has 1 aromatic rings. The Kier molecular flexibility index (Phi) is 6.71. The molecule has 114 valence electrons. The summed E-state index contributed by atoms with van der Waals surface area (Å²) in [5.74, 6) is -0.111. The van der Waals surface area contributed by atoms with Crippen molar-refractivity contribution in [3.05, 3.63) is 24.0 Å². The minimum atomic E-state index is -4.05. The molecule has 0 fully saturated rings. The van der Waals surface area contributed by atoms with E-state index in [1.165, 1.54) is 6.07 Å². The number of halogens is 2. The third-order valence-electron chi connectivity index (χ3n) is 2.49. The van der Waals surface area contributed by atoms with Crippen molar-refractivity contribution in [1.82, 2.24) is 0 Å². The molecule has 20 heavy (non-hydrogen) atoms. The van der Waals surface area contributed by atoms with Crippen LogP contribution in [0.5, 0.6) is 5.75 Å². The topological polar surface area (TPSA) is 52.6 Å². The Morgan fingerprint density at radius 3 is 2.55 bits per heavy atom. The molecule has 0 N–H and O–H groups in total. The first-order valence-electron chi connectivity index (χ1n) is 6.25. The number of ether oxygens (including phenoxy) is 2. The summed E-state index contributed by atoms with van der Waals surface area (Å²) in [6, 6.07) is 3.18. The van der Waals surface area contributed by atoms with Gasteiger partial charge in [-0.05, 0) is 30.5 Å². The van der Waals surface area contributed by atoms with Crippen LogP contribution in [0.3, 0.4) is 0 Å². The van der Waals surface area contributed by atoms with Gasteiger partial charge in [-0.2, -0.15) is 0 Å². The van der Waals surface area contributed by atoms with Crippen molar-refractivity contribution in [2.75, 3.05) is 19.8 Å². The predicted molar refractivity (Wildman–Crippen MR) is 75.2 cm³/mol. The van der Waals surface area contributed by atoms with E-state index in [1.807, 2.05) is 0 Å². The van der Waals surface area contributed by atoms with Crippen molar-refractivity contribution in [2.24, 2.45) is 5.92 Å². The van der Waals surface area contributed by atoms with Gasteiger partial charge in [-0.3, -0.25) is 0 Å². The van der Waals surface area contributed by atoms with Gasteiger partial charge >= 0.3 is 0 Å². The summed E-state index contributed by atoms with van der Waals surface area (Å²) in [6.07, 6.45) is 0.942. The molecule has 0 amide bonds. The minimum absolute atomic E-state index is 0.0221. The van der Waals surface area contributed by atoms with Crippen LogP contribution in [0, 0.1) is 11.7 Å². The maximum Gasteiger partial charge on any atom is 0.265 e. The molecule has 0 saturated carbocycles. The van der Waals surface area contributed by atoms with Gasteiger partial charge in [0.15, 0.2) is 0 Å². The van der Waals surface area contributed by atoms with Gasteiger partial charge in [0.25, 0.3) is 9.05 Å². The van der Waals surface area contributed by atoms with Crippen LogP contribution in [-0.2, 0) is 13.8 Å². The molecule has 0 aliphatic rings. The molecule has 0 aromatic heterocycles. The summed E-state index contributed by atoms with van der Waals surface area (Å²) in [6.45, 7) is 5.30. The smallest absolute Gasteiger partial charge is 0.265 e. The van der Waals surface area contributed by atoms with Crippen LogP contribution in [-0.4, -0.2) is 28.2 Å². The van der Waals surface area contributed by atoms with Crippen molar-refractivity contribution >= 4 is 19.7 Å². The third kappa shape index (κ3) is 6.07. The Hall–Kier alpha value is -0.850. The second-order valence-corrected chi connectivity index (χ2v) is 7.21. The molecule has 1 rings (SSSR count). The first-order valence-corrected chi connectivity index (χ1v) is 8.56. The van der Waals surface area contributed by atoms with Crippen LogP contribution in [0.4, 0.5) is 4.39 Å². The van der Waals surface area contributed by atoms with E-state index in [9.17, 15) is 12.8 Å². The molecule has 7 heteroatoms. The quantitative estimate of drug-likeness (QED) is 0.544. The van der Waals surface area contributed by atoms with E-state index in [0.29, 0.717) is 19.1 Å². The van der Waals surface area contributed by atoms with Gasteiger partial charge in [-0.25, -0.2) is 12.8 Å². The standard InChI is InChI=1S/C13H18ClFO4S/c1-10(2)5-6-18-7-8-19-12-4-3-11(15)9-13(12)20(14,16)17/h3-4,9-10H,5-8H2,1-2H3. The highest BCUT2D eigenvalue weighted by molar-refractivity contribution is 8.13. The predicted octanol–water partition coefficient (Wildman–Crippen LogP) is 3.19. The van der Waals surface area contributed by atoms with Crippen LogP contribution in [0.1, 0.15) is 20.3 Å². The Balaban J connectivity index is 2.52. The third-order valence-corrected chi connectivity index (χ3v) is 3.84. The van der Waals surface area contributed by atoms with Crippen molar-refractivity contribution in [3.8, 4) is 5.75 Å². The van der Waals surface area contributed by atoms with E-state index in [4.69, 9.17) is 20.2 Å². The van der Waals surface area contributed by atoms with Gasteiger partial charge in [0.1, 0.15) is 23.1 Å². The van der Waals surface area contributed by atoms with Crippen LogP contribution in [0.15, 0.2) is 23.1 Å². The maximum absolute atomic E-state index is 13.0. The van der Waals surface area contributed by atoms with Gasteiger partial charge in [0.2, 0.25) is 0 Å². The molecule has 0 unspecified atom stereocenters. The minimum Gasteiger partial charge on any atom is -0.490 e. The Bertz CT molecular complexity index is 531. The number of benzene rings is 1. The highest BCUT2D eigenvalue weighted by Gasteiger charge is 2.18. The molecule has 0 saturated heterocycles. The van der Waals surface area contributed by atoms with E-state index in [0.717, 1.165) is 18.6 Å². The molecule has 0 spiro atoms. The van der Waals surface area contributed by atoms with Gasteiger partial charge in [0, 0.05) is 17.3 Å². The molecule has 0 heterocycles. The fourth-order valence-corrected chi connectivity index (χ4v) is 2.41. The first-order chi connectivity index (χ1) is 9.30. The molecule has 1 aromatic carbocycles. The van der Waals surface area contributed by atoms with Crippen LogP contribution in [0.2, 0.25) is 0 Å². The van der Waals surface area contributed by atoms with E-state index < -0.39 is 14.9 Å². The number of hydrogen-bond acceptors (Lipinski definition) is 4. The summed E-state index contributed by atoms with van der Waals surface area (Å²) in [7, 11) is 1.18. The Morgan fingerprint density at radius 1 is 1.25 bits per heavy atom. The molecular formula is C13H18ClFO4S. The maximum atomic E-state index is 13.0. The lowest BCUT2D eigenvalue weighted by molar-refractivity contribution is 0.0916. The molecule has 0 aliphatic heterocycles. The fraction of sp³-hybridized carbons (Fsp3) is 0.538. The van der Waals surface area contributed by atoms with Crippen LogP contribution < -0.4 is 4.74 Å². The molecule has 0 aliphatic carbocycles. The lowest BCUT2D eigenvalue weighted by atomic mass is 10.1. The summed E-state index contributed by atoms with van der Waals surface area (Å²) in [4.78, 5) is -0.374. The summed E-state index contributed by atoms with van der Waals surface area (Å²) in [5.41, 5.74) is 0. The zero-order valence-electron chi connectivity index (χ0n) is 11.4. The average Bonchev–Trinajstić information content (AvgIpc) is 2.33. The Labute approximate surface area is 123 Å². The fourth-order valence-electron chi connectivity index (χ4n) is 1.42. The van der Waals surface area contributed by atoms with Crippen molar-refractivity contribution < 1.29 is 22.3 Å². The molecule has 0 atom stereocenters. The van der Waals surface area contributed by atoms with Gasteiger partial charge in [0.05, 0.1) is 6.61 Å². The van der Waals surface area contributed by atoms with Gasteiger partial charge in [-0.15, -0.1) is 0 Å². The van der Waals surface area contributed by atoms with Crippen LogP contribution >= 0.6 is 10.7 Å². The number of rotatable bonds is 8. The Morgan fingerprint density at radius 2 is 1.95 bits per heavy atom. The second kappa shape index (κ2) is 7.81. The number of hydrogen-bond donors (Lipinski definition) is 0. The summed E-state index contributed by atoms with van der Waals surface area (Å²) in [5, 5.41) is 0.